The summed E-state index contributed by atoms with van der Waals surface area (Å²) in [6.45, 7) is 5.99. The molecule has 2 aromatic heterocycles. The second kappa shape index (κ2) is 12.6. The van der Waals surface area contributed by atoms with E-state index in [2.05, 4.69) is 33.0 Å². The predicted octanol–water partition coefficient (Wildman–Crippen LogP) is 5.26. The van der Waals surface area contributed by atoms with Crippen molar-refractivity contribution in [2.45, 2.75) is 40.5 Å². The van der Waals surface area contributed by atoms with Crippen LogP contribution in [0.15, 0.2) is 36.4 Å². The van der Waals surface area contributed by atoms with Gasteiger partial charge in [-0.25, -0.2) is 0 Å². The van der Waals surface area contributed by atoms with E-state index in [0.717, 1.165) is 31.4 Å². The van der Waals surface area contributed by atoms with Gasteiger partial charge in [0.1, 0.15) is 0 Å². The maximum absolute atomic E-state index is 11.7. The number of hydrogen-bond acceptors (Lipinski definition) is 8. The standard InChI is InChI=1S/C13H12N2O2S.C10H8N2S.CH4.H2O/c1-3-17-13(16)10(7-14)12-9-6-8(2)4-5-11(9)18-15-12;1-7-2-3-10-8(6-7)9(4-5-11)12-13-10;;/h4-6,10H,3H2,1-2H3;2-3,6H,4H2,1H3;1H4;1H2. The molecule has 0 saturated carbocycles. The molecule has 7 nitrogen and oxygen atoms in total. The molecule has 0 bridgehead atoms. The van der Waals surface area contributed by atoms with Crippen LogP contribution in [0.5, 0.6) is 0 Å². The molecule has 0 aliphatic heterocycles. The van der Waals surface area contributed by atoms with Crippen LogP contribution >= 0.6 is 23.1 Å². The number of ether oxygens (including phenoxy) is 1. The van der Waals surface area contributed by atoms with Crippen molar-refractivity contribution >= 4 is 49.2 Å². The highest BCUT2D eigenvalue weighted by molar-refractivity contribution is 7.13. The summed E-state index contributed by atoms with van der Waals surface area (Å²) in [5.74, 6) is -1.48. The quantitative estimate of drug-likeness (QED) is 0.365. The van der Waals surface area contributed by atoms with Gasteiger partial charge in [0.15, 0.2) is 5.92 Å². The highest BCUT2D eigenvalue weighted by atomic mass is 32.1. The number of benzene rings is 2. The third kappa shape index (κ3) is 6.33. The molecule has 4 rings (SSSR count). The van der Waals surface area contributed by atoms with Crippen LogP contribution in [0.25, 0.3) is 20.2 Å². The molecule has 2 N–H and O–H groups in total. The van der Waals surface area contributed by atoms with Crippen LogP contribution in [0, 0.1) is 36.5 Å². The molecule has 4 aromatic rings. The van der Waals surface area contributed by atoms with Crippen LogP contribution in [0.3, 0.4) is 0 Å². The molecule has 2 heterocycles. The highest BCUT2D eigenvalue weighted by Crippen LogP contribution is 2.29. The van der Waals surface area contributed by atoms with Crippen molar-refractivity contribution in [1.82, 2.24) is 8.75 Å². The molecular formula is C24H26N4O3S2. The minimum absolute atomic E-state index is 0. The Morgan fingerprint density at radius 2 is 1.61 bits per heavy atom. The van der Waals surface area contributed by atoms with Crippen LogP contribution in [-0.4, -0.2) is 26.8 Å². The molecule has 1 atom stereocenters. The number of carbonyl (C=O) groups is 1. The third-order valence-corrected chi connectivity index (χ3v) is 6.23. The molecule has 2 aromatic carbocycles. The number of carbonyl (C=O) groups excluding carboxylic acids is 1. The number of hydrogen-bond donors (Lipinski definition) is 0. The van der Waals surface area contributed by atoms with Crippen molar-refractivity contribution < 1.29 is 15.0 Å². The maximum atomic E-state index is 11.7. The molecule has 0 aliphatic rings. The molecule has 0 spiro atoms. The largest absolute Gasteiger partial charge is 0.465 e. The molecule has 0 amide bonds. The number of aromatic nitrogens is 2. The second-order valence-electron chi connectivity index (χ2n) is 6.85. The Morgan fingerprint density at radius 1 is 1.03 bits per heavy atom. The average molecular weight is 483 g/mol. The van der Waals surface area contributed by atoms with E-state index in [1.165, 1.54) is 28.6 Å². The van der Waals surface area contributed by atoms with Gasteiger partial charge in [0.05, 0.1) is 46.0 Å². The van der Waals surface area contributed by atoms with Crippen LogP contribution < -0.4 is 0 Å². The van der Waals surface area contributed by atoms with Crippen molar-refractivity contribution in [3.63, 3.8) is 0 Å². The summed E-state index contributed by atoms with van der Waals surface area (Å²) in [5.41, 5.74) is 3.70. The number of esters is 1. The lowest BCUT2D eigenvalue weighted by atomic mass is 10.0. The Bertz CT molecular complexity index is 1310. The summed E-state index contributed by atoms with van der Waals surface area (Å²) in [7, 11) is 0. The van der Waals surface area contributed by atoms with Crippen LogP contribution in [-0.2, 0) is 16.0 Å². The predicted molar refractivity (Wildman–Crippen MR) is 133 cm³/mol. The zero-order valence-corrected chi connectivity index (χ0v) is 19.5. The minimum atomic E-state index is -0.944. The Balaban J connectivity index is 0.000000324. The minimum Gasteiger partial charge on any atom is -0.465 e. The molecule has 172 valence electrons. The number of aryl methyl sites for hydroxylation is 2. The first-order chi connectivity index (χ1) is 15.0. The zero-order valence-electron chi connectivity index (χ0n) is 17.9. The molecule has 0 fully saturated rings. The van der Waals surface area contributed by atoms with E-state index in [1.807, 2.05) is 38.1 Å². The number of nitriles is 2. The molecule has 1 unspecified atom stereocenters. The fourth-order valence-electron chi connectivity index (χ4n) is 3.04. The molecule has 9 heteroatoms. The van der Waals surface area contributed by atoms with Crippen molar-refractivity contribution in [2.24, 2.45) is 0 Å². The SMILES string of the molecule is C.CCOC(=O)C(C#N)c1nsc2ccc(C)cc12.Cc1ccc2snc(CC#N)c2c1.O. The number of nitrogens with zero attached hydrogens (tertiary/aromatic N) is 4. The Hall–Kier alpha value is -3.37. The molecular weight excluding hydrogens is 456 g/mol. The van der Waals surface area contributed by atoms with E-state index in [0.29, 0.717) is 12.1 Å². The number of fused-ring (bicyclic) bond motifs is 2. The van der Waals surface area contributed by atoms with Gasteiger partial charge < -0.3 is 10.2 Å². The first-order valence-electron chi connectivity index (χ1n) is 9.62. The van der Waals surface area contributed by atoms with Gasteiger partial charge in [-0.15, -0.1) is 0 Å². The van der Waals surface area contributed by atoms with Crippen molar-refractivity contribution in [3.05, 3.63) is 58.9 Å². The van der Waals surface area contributed by atoms with Crippen molar-refractivity contribution in [2.75, 3.05) is 6.61 Å². The van der Waals surface area contributed by atoms with Crippen LogP contribution in [0.1, 0.15) is 42.8 Å². The van der Waals surface area contributed by atoms with Gasteiger partial charge in [0.2, 0.25) is 0 Å². The van der Waals surface area contributed by atoms with Gasteiger partial charge in [0.25, 0.3) is 0 Å². The van der Waals surface area contributed by atoms with Gasteiger partial charge >= 0.3 is 5.97 Å². The lowest BCUT2D eigenvalue weighted by Crippen LogP contribution is -2.14. The van der Waals surface area contributed by atoms with E-state index in [1.54, 1.807) is 6.92 Å². The Labute approximate surface area is 201 Å². The highest BCUT2D eigenvalue weighted by Gasteiger charge is 2.26. The van der Waals surface area contributed by atoms with Gasteiger partial charge in [-0.05, 0) is 68.1 Å². The summed E-state index contributed by atoms with van der Waals surface area (Å²) in [6, 6.07) is 16.2. The van der Waals surface area contributed by atoms with E-state index in [9.17, 15) is 4.79 Å². The smallest absolute Gasteiger partial charge is 0.329 e. The summed E-state index contributed by atoms with van der Waals surface area (Å²) in [5, 5.41) is 19.7. The van der Waals surface area contributed by atoms with Crippen LogP contribution in [0.4, 0.5) is 0 Å². The van der Waals surface area contributed by atoms with E-state index >= 15 is 0 Å². The first kappa shape index (κ1) is 27.7. The Morgan fingerprint density at radius 3 is 2.18 bits per heavy atom. The summed E-state index contributed by atoms with van der Waals surface area (Å²) in [4.78, 5) is 11.7. The fraction of sp³-hybridized carbons (Fsp3) is 0.292. The van der Waals surface area contributed by atoms with Crippen LogP contribution in [0.2, 0.25) is 0 Å². The molecule has 0 aliphatic carbocycles. The van der Waals surface area contributed by atoms with E-state index in [4.69, 9.17) is 15.3 Å². The number of rotatable bonds is 4. The van der Waals surface area contributed by atoms with Gasteiger partial charge in [-0.1, -0.05) is 30.7 Å². The third-order valence-electron chi connectivity index (χ3n) is 4.52. The second-order valence-corrected chi connectivity index (χ2v) is 8.46. The lowest BCUT2D eigenvalue weighted by Gasteiger charge is -2.06. The molecule has 33 heavy (non-hydrogen) atoms. The van der Waals surface area contributed by atoms with Gasteiger partial charge in [-0.3, -0.25) is 4.79 Å². The van der Waals surface area contributed by atoms with Crippen molar-refractivity contribution in [3.8, 4) is 12.1 Å². The summed E-state index contributed by atoms with van der Waals surface area (Å²) < 4.78 is 15.5. The van der Waals surface area contributed by atoms with Gasteiger partial charge in [0, 0.05) is 10.8 Å². The average Bonchev–Trinajstić information content (AvgIpc) is 3.34. The zero-order chi connectivity index (χ0) is 22.4. The maximum Gasteiger partial charge on any atom is 0.329 e. The monoisotopic (exact) mass is 482 g/mol. The Kier molecular flexibility index (Phi) is 10.6. The lowest BCUT2D eigenvalue weighted by molar-refractivity contribution is -0.143. The first-order valence-corrected chi connectivity index (χ1v) is 11.2. The summed E-state index contributed by atoms with van der Waals surface area (Å²) >= 11 is 2.75. The molecule has 0 radical (unpaired) electrons. The van der Waals surface area contributed by atoms with E-state index < -0.39 is 11.9 Å². The topological polar surface area (TPSA) is 131 Å². The van der Waals surface area contributed by atoms with Crippen molar-refractivity contribution in [1.29, 1.82) is 10.5 Å². The van der Waals surface area contributed by atoms with E-state index in [-0.39, 0.29) is 19.5 Å². The molecule has 0 saturated heterocycles. The summed E-state index contributed by atoms with van der Waals surface area (Å²) in [6.07, 6.45) is 0.406. The fourth-order valence-corrected chi connectivity index (χ4v) is 4.60. The normalized spacial score (nSPS) is 10.6. The van der Waals surface area contributed by atoms with Gasteiger partial charge in [-0.2, -0.15) is 19.3 Å².